The van der Waals surface area contributed by atoms with Gasteiger partial charge in [-0.05, 0) is 30.2 Å². The van der Waals surface area contributed by atoms with E-state index in [1.54, 1.807) is 30.5 Å². The molecule has 0 saturated carbocycles. The molecule has 1 aromatic heterocycles. The Bertz CT molecular complexity index is 738. The number of carbonyl (C=O) groups is 1. The normalized spacial score (nSPS) is 16.7. The third-order valence-electron chi connectivity index (χ3n) is 3.52. The lowest BCUT2D eigenvalue weighted by atomic mass is 9.86. The summed E-state index contributed by atoms with van der Waals surface area (Å²) in [6.45, 7) is 3.97. The van der Waals surface area contributed by atoms with Crippen molar-refractivity contribution in [2.75, 3.05) is 5.32 Å². The number of phenolic OH excluding ortho intramolecular Hbond substituents is 1. The van der Waals surface area contributed by atoms with Crippen molar-refractivity contribution in [3.05, 3.63) is 36.2 Å². The Balaban J connectivity index is 1.94. The number of hydrogen-bond acceptors (Lipinski definition) is 6. The van der Waals surface area contributed by atoms with E-state index >= 15 is 0 Å². The highest BCUT2D eigenvalue weighted by Crippen LogP contribution is 2.34. The fraction of sp³-hybridized carbons (Fsp3) is 0.250. The first kappa shape index (κ1) is 14.2. The van der Waals surface area contributed by atoms with Gasteiger partial charge in [-0.3, -0.25) is 4.79 Å². The molecule has 112 valence electrons. The van der Waals surface area contributed by atoms with Gasteiger partial charge in [-0.15, -0.1) is 0 Å². The molecule has 0 aliphatic carbocycles. The summed E-state index contributed by atoms with van der Waals surface area (Å²) in [4.78, 5) is 24.8. The van der Waals surface area contributed by atoms with Crippen molar-refractivity contribution in [2.45, 2.75) is 19.8 Å². The minimum atomic E-state index is -0.295. The molecule has 22 heavy (non-hydrogen) atoms. The van der Waals surface area contributed by atoms with Crippen LogP contribution in [0.1, 0.15) is 25.5 Å². The van der Waals surface area contributed by atoms with Crippen molar-refractivity contribution in [1.82, 2.24) is 9.97 Å². The molecule has 6 nitrogen and oxygen atoms in total. The molecule has 1 aromatic carbocycles. The number of benzene rings is 1. The molecular weight excluding hydrogens is 280 g/mol. The molecule has 1 aliphatic heterocycles. The number of fused-ring (bicyclic) bond motifs is 1. The summed E-state index contributed by atoms with van der Waals surface area (Å²) in [5.41, 5.74) is 2.04. The van der Waals surface area contributed by atoms with E-state index in [2.05, 4.69) is 20.3 Å². The minimum Gasteiger partial charge on any atom is -0.508 e. The Hall–Kier alpha value is -2.76. The lowest BCUT2D eigenvalue weighted by Crippen LogP contribution is -2.23. The zero-order chi connectivity index (χ0) is 15.7. The lowest BCUT2D eigenvalue weighted by Gasteiger charge is -2.22. The number of ketones is 1. The molecule has 6 heteroatoms. The average Bonchev–Trinajstić information content (AvgIpc) is 2.49. The average molecular weight is 296 g/mol. The van der Waals surface area contributed by atoms with Crippen LogP contribution < -0.4 is 5.32 Å². The van der Waals surface area contributed by atoms with Gasteiger partial charge in [0.1, 0.15) is 11.4 Å². The first-order chi connectivity index (χ1) is 10.5. The highest BCUT2D eigenvalue weighted by molar-refractivity contribution is 6.31. The Labute approximate surface area is 128 Å². The number of aromatic hydroxyl groups is 1. The molecule has 2 aromatic rings. The van der Waals surface area contributed by atoms with E-state index in [-0.39, 0.29) is 23.4 Å². The van der Waals surface area contributed by atoms with Gasteiger partial charge in [0.05, 0.1) is 24.0 Å². The Morgan fingerprint density at radius 1 is 1.23 bits per heavy atom. The topological polar surface area (TPSA) is 87.5 Å². The fourth-order valence-electron chi connectivity index (χ4n) is 2.44. The van der Waals surface area contributed by atoms with E-state index in [0.717, 1.165) is 5.69 Å². The van der Waals surface area contributed by atoms with Crippen molar-refractivity contribution in [3.63, 3.8) is 0 Å². The van der Waals surface area contributed by atoms with Gasteiger partial charge in [0.15, 0.2) is 5.78 Å². The maximum absolute atomic E-state index is 12.0. The van der Waals surface area contributed by atoms with Crippen LogP contribution in [0.15, 0.2) is 35.5 Å². The number of carbonyl (C=O) groups excluding carboxylic acids is 1. The van der Waals surface area contributed by atoms with Crippen LogP contribution in [0.2, 0.25) is 0 Å². The standard InChI is InChI=1S/C16H16N4O2/c1-9(2)14-13(22)8-17-12-7-18-16(20-15(12)14)19-10-3-5-11(21)6-4-10/h3-9,14,21H,1-2H3,(H,18,19,20). The van der Waals surface area contributed by atoms with Gasteiger partial charge >= 0.3 is 0 Å². The van der Waals surface area contributed by atoms with Gasteiger partial charge < -0.3 is 10.4 Å². The number of aliphatic imine (C=N–C) groups is 1. The summed E-state index contributed by atoms with van der Waals surface area (Å²) < 4.78 is 0. The fourth-order valence-corrected chi connectivity index (χ4v) is 2.44. The van der Waals surface area contributed by atoms with E-state index in [0.29, 0.717) is 17.3 Å². The second-order valence-corrected chi connectivity index (χ2v) is 5.52. The Morgan fingerprint density at radius 2 is 1.95 bits per heavy atom. The number of phenols is 1. The second-order valence-electron chi connectivity index (χ2n) is 5.52. The van der Waals surface area contributed by atoms with E-state index in [1.165, 1.54) is 6.21 Å². The molecule has 0 fully saturated rings. The highest BCUT2D eigenvalue weighted by atomic mass is 16.3. The van der Waals surface area contributed by atoms with Gasteiger partial charge in [0.2, 0.25) is 5.95 Å². The number of nitrogens with zero attached hydrogens (tertiary/aromatic N) is 3. The number of anilines is 2. The van der Waals surface area contributed by atoms with Crippen LogP contribution in [-0.4, -0.2) is 27.1 Å². The van der Waals surface area contributed by atoms with Crippen LogP contribution in [0.3, 0.4) is 0 Å². The molecule has 0 saturated heterocycles. The van der Waals surface area contributed by atoms with E-state index in [1.807, 2.05) is 13.8 Å². The monoisotopic (exact) mass is 296 g/mol. The number of rotatable bonds is 3. The number of aromatic nitrogens is 2. The Kier molecular flexibility index (Phi) is 3.58. The van der Waals surface area contributed by atoms with Crippen LogP contribution >= 0.6 is 0 Å². The van der Waals surface area contributed by atoms with E-state index in [4.69, 9.17) is 0 Å². The van der Waals surface area contributed by atoms with Crippen LogP contribution in [-0.2, 0) is 4.79 Å². The number of hydrogen-bond donors (Lipinski definition) is 2. The highest BCUT2D eigenvalue weighted by Gasteiger charge is 2.30. The zero-order valence-corrected chi connectivity index (χ0v) is 12.3. The number of nitrogens with one attached hydrogen (secondary N) is 1. The smallest absolute Gasteiger partial charge is 0.227 e. The molecule has 1 atom stereocenters. The molecule has 0 amide bonds. The maximum atomic E-state index is 12.0. The zero-order valence-electron chi connectivity index (χ0n) is 12.3. The van der Waals surface area contributed by atoms with Gasteiger partial charge in [-0.25, -0.2) is 15.0 Å². The summed E-state index contributed by atoms with van der Waals surface area (Å²) in [7, 11) is 0. The summed E-state index contributed by atoms with van der Waals surface area (Å²) in [5.74, 6) is 0.402. The first-order valence-electron chi connectivity index (χ1n) is 7.05. The molecule has 1 aliphatic rings. The van der Waals surface area contributed by atoms with Crippen molar-refractivity contribution in [2.24, 2.45) is 10.9 Å². The van der Waals surface area contributed by atoms with Crippen LogP contribution in [0.25, 0.3) is 0 Å². The van der Waals surface area contributed by atoms with Crippen LogP contribution in [0.5, 0.6) is 5.75 Å². The SMILES string of the molecule is CC(C)C1C(=O)C=Nc2cnc(Nc3ccc(O)cc3)nc21. The molecule has 0 bridgehead atoms. The van der Waals surface area contributed by atoms with E-state index < -0.39 is 0 Å². The summed E-state index contributed by atoms with van der Waals surface area (Å²) >= 11 is 0. The second kappa shape index (κ2) is 5.55. The van der Waals surface area contributed by atoms with Crippen molar-refractivity contribution < 1.29 is 9.90 Å². The van der Waals surface area contributed by atoms with Crippen LogP contribution in [0.4, 0.5) is 17.3 Å². The predicted molar refractivity (Wildman–Crippen MR) is 84.2 cm³/mol. The summed E-state index contributed by atoms with van der Waals surface area (Å²) in [5, 5.41) is 12.4. The summed E-state index contributed by atoms with van der Waals surface area (Å²) in [6, 6.07) is 6.60. The first-order valence-corrected chi connectivity index (χ1v) is 7.05. The third-order valence-corrected chi connectivity index (χ3v) is 3.52. The molecule has 3 rings (SSSR count). The molecule has 0 radical (unpaired) electrons. The van der Waals surface area contributed by atoms with Gasteiger partial charge in [-0.2, -0.15) is 0 Å². The minimum absolute atomic E-state index is 0.0308. The predicted octanol–water partition coefficient (Wildman–Crippen LogP) is 2.95. The van der Waals surface area contributed by atoms with Gasteiger partial charge in [0, 0.05) is 5.69 Å². The molecular formula is C16H16N4O2. The van der Waals surface area contributed by atoms with Gasteiger partial charge in [0.25, 0.3) is 0 Å². The molecule has 0 spiro atoms. The maximum Gasteiger partial charge on any atom is 0.227 e. The third kappa shape index (κ3) is 2.67. The van der Waals surface area contributed by atoms with E-state index in [9.17, 15) is 9.90 Å². The number of Topliss-reactive ketones (excluding diaryl/α,β-unsaturated/α-hetero) is 1. The summed E-state index contributed by atoms with van der Waals surface area (Å²) in [6.07, 6.45) is 2.97. The van der Waals surface area contributed by atoms with Crippen molar-refractivity contribution in [1.29, 1.82) is 0 Å². The van der Waals surface area contributed by atoms with Crippen molar-refractivity contribution >= 4 is 29.3 Å². The van der Waals surface area contributed by atoms with Crippen LogP contribution in [0, 0.1) is 5.92 Å². The molecule has 2 N–H and O–H groups in total. The molecule has 2 heterocycles. The lowest BCUT2D eigenvalue weighted by molar-refractivity contribution is -0.114. The largest absolute Gasteiger partial charge is 0.508 e. The Morgan fingerprint density at radius 3 is 2.64 bits per heavy atom. The van der Waals surface area contributed by atoms with Gasteiger partial charge in [-0.1, -0.05) is 13.8 Å². The quantitative estimate of drug-likeness (QED) is 0.850. The van der Waals surface area contributed by atoms with Crippen molar-refractivity contribution in [3.8, 4) is 5.75 Å². The molecule has 1 unspecified atom stereocenters.